The van der Waals surface area contributed by atoms with Gasteiger partial charge in [0.25, 0.3) is 0 Å². The molecule has 4 atom stereocenters. The summed E-state index contributed by atoms with van der Waals surface area (Å²) in [7, 11) is 0. The lowest BCUT2D eigenvalue weighted by atomic mass is 9.55. The van der Waals surface area contributed by atoms with Gasteiger partial charge in [0.1, 0.15) is 11.6 Å². The highest BCUT2D eigenvalue weighted by atomic mass is 19.1. The largest absolute Gasteiger partial charge is 0.508 e. The van der Waals surface area contributed by atoms with E-state index in [4.69, 9.17) is 0 Å². The second kappa shape index (κ2) is 7.08. The molecule has 0 bridgehead atoms. The van der Waals surface area contributed by atoms with Crippen LogP contribution in [0.15, 0.2) is 52.7 Å². The number of phenols is 1. The number of halogens is 1. The predicted octanol–water partition coefficient (Wildman–Crippen LogP) is 5.86. The second-order valence-corrected chi connectivity index (χ2v) is 9.14. The van der Waals surface area contributed by atoms with Gasteiger partial charge in [0, 0.05) is 11.1 Å². The average Bonchev–Trinajstić information content (AvgIpc) is 3.04. The number of hydrogen-bond donors (Lipinski definition) is 1. The van der Waals surface area contributed by atoms with E-state index in [1.807, 2.05) is 18.2 Å². The van der Waals surface area contributed by atoms with Crippen LogP contribution in [-0.2, 0) is 6.42 Å². The summed E-state index contributed by atoms with van der Waals surface area (Å²) in [6.45, 7) is 2.38. The zero-order valence-corrected chi connectivity index (χ0v) is 16.8. The van der Waals surface area contributed by atoms with Crippen LogP contribution in [0.1, 0.15) is 61.6 Å². The molecule has 0 saturated heterocycles. The molecule has 1 N–H and O–H groups in total. The van der Waals surface area contributed by atoms with Gasteiger partial charge in [-0.2, -0.15) is 10.2 Å². The maximum Gasteiger partial charge on any atom is 0.123 e. The summed E-state index contributed by atoms with van der Waals surface area (Å²) in [5.74, 6) is 2.07. The Balaban J connectivity index is 1.38. The first kappa shape index (κ1) is 18.5. The Morgan fingerprint density at radius 1 is 1.10 bits per heavy atom. The molecule has 5 rings (SSSR count). The van der Waals surface area contributed by atoms with Gasteiger partial charge in [0.15, 0.2) is 0 Å². The molecule has 3 aliphatic rings. The third-order valence-electron chi connectivity index (χ3n) is 7.69. The van der Waals surface area contributed by atoms with Gasteiger partial charge in [-0.05, 0) is 97.2 Å². The van der Waals surface area contributed by atoms with Gasteiger partial charge in [-0.3, -0.25) is 0 Å². The molecule has 2 saturated carbocycles. The summed E-state index contributed by atoms with van der Waals surface area (Å²) in [6.07, 6.45) is 8.40. The van der Waals surface area contributed by atoms with Crippen LogP contribution in [0.5, 0.6) is 5.75 Å². The summed E-state index contributed by atoms with van der Waals surface area (Å²) < 4.78 is 13.4. The number of aryl methyl sites for hydroxylation is 1. The summed E-state index contributed by atoms with van der Waals surface area (Å²) in [4.78, 5) is 0. The number of aromatic hydroxyl groups is 1. The van der Waals surface area contributed by atoms with Crippen molar-refractivity contribution in [2.75, 3.05) is 0 Å². The lowest BCUT2D eigenvalue weighted by Crippen LogP contribution is -2.42. The number of rotatable bonds is 2. The van der Waals surface area contributed by atoms with Crippen LogP contribution in [0, 0.1) is 23.1 Å². The minimum absolute atomic E-state index is 0.120. The lowest BCUT2D eigenvalue weighted by Gasteiger charge is -2.49. The number of fused-ring (bicyclic) bond motifs is 5. The SMILES string of the molecule is C[C@@]12CC[C@H]3c4ccc(O)cc4CC[C@@H]3[C@@H]1CC/C2=N/N=C\c1cccc(F)c1. The van der Waals surface area contributed by atoms with E-state index in [-0.39, 0.29) is 11.2 Å². The molecule has 0 heterocycles. The van der Waals surface area contributed by atoms with E-state index in [1.54, 1.807) is 12.3 Å². The molecule has 150 valence electrons. The second-order valence-electron chi connectivity index (χ2n) is 9.14. The minimum atomic E-state index is -0.251. The van der Waals surface area contributed by atoms with E-state index in [0.29, 0.717) is 23.5 Å². The Bertz CT molecular complexity index is 998. The van der Waals surface area contributed by atoms with Crippen LogP contribution >= 0.6 is 0 Å². The fraction of sp³-hybridized carbons (Fsp3) is 0.440. The van der Waals surface area contributed by atoms with Crippen molar-refractivity contribution < 1.29 is 9.50 Å². The number of phenolic OH excluding ortho intramolecular Hbond substituents is 1. The van der Waals surface area contributed by atoms with E-state index in [2.05, 4.69) is 23.2 Å². The summed E-state index contributed by atoms with van der Waals surface area (Å²) in [5.41, 5.74) is 4.86. The van der Waals surface area contributed by atoms with Crippen LogP contribution in [0.25, 0.3) is 0 Å². The molecule has 0 radical (unpaired) electrons. The highest BCUT2D eigenvalue weighted by Gasteiger charge is 2.53. The molecule has 2 aromatic carbocycles. The van der Waals surface area contributed by atoms with Crippen molar-refractivity contribution in [1.29, 1.82) is 0 Å². The van der Waals surface area contributed by atoms with E-state index < -0.39 is 0 Å². The van der Waals surface area contributed by atoms with Gasteiger partial charge < -0.3 is 5.11 Å². The van der Waals surface area contributed by atoms with Gasteiger partial charge in [-0.25, -0.2) is 4.39 Å². The maximum absolute atomic E-state index is 13.4. The Labute approximate surface area is 171 Å². The monoisotopic (exact) mass is 390 g/mol. The highest BCUT2D eigenvalue weighted by molar-refractivity contribution is 5.93. The predicted molar refractivity (Wildman–Crippen MR) is 114 cm³/mol. The lowest BCUT2D eigenvalue weighted by molar-refractivity contribution is 0.0955. The van der Waals surface area contributed by atoms with Crippen molar-refractivity contribution in [3.63, 3.8) is 0 Å². The molecular weight excluding hydrogens is 363 g/mol. The smallest absolute Gasteiger partial charge is 0.123 e. The van der Waals surface area contributed by atoms with E-state index in [0.717, 1.165) is 24.8 Å². The van der Waals surface area contributed by atoms with Crippen molar-refractivity contribution in [2.24, 2.45) is 27.5 Å². The van der Waals surface area contributed by atoms with Gasteiger partial charge in [0.2, 0.25) is 0 Å². The zero-order chi connectivity index (χ0) is 20.0. The van der Waals surface area contributed by atoms with Crippen molar-refractivity contribution in [2.45, 2.75) is 51.4 Å². The fourth-order valence-electron chi connectivity index (χ4n) is 6.27. The maximum atomic E-state index is 13.4. The normalized spacial score (nSPS) is 32.2. The topological polar surface area (TPSA) is 45.0 Å². The third kappa shape index (κ3) is 3.19. The molecule has 3 aliphatic carbocycles. The summed E-state index contributed by atoms with van der Waals surface area (Å²) >= 11 is 0. The Morgan fingerprint density at radius 3 is 2.86 bits per heavy atom. The van der Waals surface area contributed by atoms with Crippen molar-refractivity contribution in [3.05, 3.63) is 65.0 Å². The first-order chi connectivity index (χ1) is 14.0. The standard InChI is InChI=1S/C25H27FN2O/c1-25-12-11-21-20-8-6-19(29)14-17(20)5-7-22(21)23(25)9-10-24(25)28-27-15-16-3-2-4-18(26)13-16/h2-4,6,8,13-15,21-23,29H,5,7,9-12H2,1H3/b27-15-,28-24-/t21-,22-,23-,25+/m0/s1. The van der Waals surface area contributed by atoms with Crippen LogP contribution in [0.2, 0.25) is 0 Å². The van der Waals surface area contributed by atoms with Crippen molar-refractivity contribution in [3.8, 4) is 5.75 Å². The number of benzene rings is 2. The molecule has 0 aromatic heterocycles. The molecule has 0 spiro atoms. The Morgan fingerprint density at radius 2 is 2.00 bits per heavy atom. The summed E-state index contributed by atoms with van der Waals surface area (Å²) in [6, 6.07) is 12.4. The summed E-state index contributed by atoms with van der Waals surface area (Å²) in [5, 5.41) is 18.8. The van der Waals surface area contributed by atoms with Crippen molar-refractivity contribution in [1.82, 2.24) is 0 Å². The van der Waals surface area contributed by atoms with Gasteiger partial charge in [-0.1, -0.05) is 25.1 Å². The number of nitrogens with zero attached hydrogens (tertiary/aromatic N) is 2. The van der Waals surface area contributed by atoms with Gasteiger partial charge in [0.05, 0.1) is 6.21 Å². The molecule has 0 amide bonds. The van der Waals surface area contributed by atoms with E-state index >= 15 is 0 Å². The molecule has 2 fully saturated rings. The van der Waals surface area contributed by atoms with E-state index in [9.17, 15) is 9.50 Å². The Kier molecular flexibility index (Phi) is 4.53. The van der Waals surface area contributed by atoms with Gasteiger partial charge in [-0.15, -0.1) is 0 Å². The van der Waals surface area contributed by atoms with E-state index in [1.165, 1.54) is 48.2 Å². The van der Waals surface area contributed by atoms with Crippen LogP contribution < -0.4 is 0 Å². The first-order valence-electron chi connectivity index (χ1n) is 10.7. The van der Waals surface area contributed by atoms with Gasteiger partial charge >= 0.3 is 0 Å². The molecule has 0 unspecified atom stereocenters. The number of hydrogen-bond acceptors (Lipinski definition) is 3. The molecule has 0 aliphatic heterocycles. The van der Waals surface area contributed by atoms with Crippen molar-refractivity contribution >= 4 is 11.9 Å². The average molecular weight is 391 g/mol. The minimum Gasteiger partial charge on any atom is -0.508 e. The zero-order valence-electron chi connectivity index (χ0n) is 16.8. The molecule has 2 aromatic rings. The molecule has 29 heavy (non-hydrogen) atoms. The quantitative estimate of drug-likeness (QED) is 0.506. The first-order valence-corrected chi connectivity index (χ1v) is 10.7. The van der Waals surface area contributed by atoms with Crippen LogP contribution in [-0.4, -0.2) is 17.0 Å². The molecular formula is C25H27FN2O. The van der Waals surface area contributed by atoms with Crippen LogP contribution in [0.3, 0.4) is 0 Å². The third-order valence-corrected chi connectivity index (χ3v) is 7.69. The Hall–Kier alpha value is -2.49. The molecule has 3 nitrogen and oxygen atoms in total. The molecule has 4 heteroatoms. The highest BCUT2D eigenvalue weighted by Crippen LogP contribution is 2.60. The fourth-order valence-corrected chi connectivity index (χ4v) is 6.27. The van der Waals surface area contributed by atoms with Crippen LogP contribution in [0.4, 0.5) is 4.39 Å².